The second-order valence-electron chi connectivity index (χ2n) is 2.24. The van der Waals surface area contributed by atoms with Crippen LogP contribution in [0.2, 0.25) is 0 Å². The molecule has 0 fully saturated rings. The van der Waals surface area contributed by atoms with Crippen molar-refractivity contribution in [2.75, 3.05) is 0 Å². The van der Waals surface area contributed by atoms with Gasteiger partial charge in [0.1, 0.15) is 11.9 Å². The fourth-order valence-electron chi connectivity index (χ4n) is 0.839. The summed E-state index contributed by atoms with van der Waals surface area (Å²) in [5.74, 6) is -0.557. The molecular formula is C9H5FN2. The van der Waals surface area contributed by atoms with E-state index in [2.05, 4.69) is 4.85 Å². The molecule has 2 nitrogen and oxygen atoms in total. The lowest BCUT2D eigenvalue weighted by Crippen LogP contribution is -1.86. The third-order valence-electron chi connectivity index (χ3n) is 1.42. The number of hydrogen-bond acceptors (Lipinski definition) is 1. The van der Waals surface area contributed by atoms with Gasteiger partial charge in [0, 0.05) is 5.56 Å². The Kier molecular flexibility index (Phi) is 2.40. The third kappa shape index (κ3) is 1.59. The van der Waals surface area contributed by atoms with Crippen LogP contribution < -0.4 is 0 Å². The van der Waals surface area contributed by atoms with Gasteiger partial charge in [0.15, 0.2) is 0 Å². The summed E-state index contributed by atoms with van der Waals surface area (Å²) in [4.78, 5) is 3.10. The first kappa shape index (κ1) is 8.23. The van der Waals surface area contributed by atoms with Crippen molar-refractivity contribution in [3.8, 4) is 6.07 Å². The van der Waals surface area contributed by atoms with Gasteiger partial charge in [0.2, 0.25) is 6.54 Å². The molecule has 0 saturated heterocycles. The Hall–Kier alpha value is -1.87. The maximum absolute atomic E-state index is 12.8. The molecule has 0 heterocycles. The number of nitriles is 1. The Morgan fingerprint density at radius 3 is 2.83 bits per heavy atom. The van der Waals surface area contributed by atoms with E-state index in [0.29, 0.717) is 5.56 Å². The summed E-state index contributed by atoms with van der Waals surface area (Å²) in [5.41, 5.74) is 0.616. The molecule has 0 spiro atoms. The molecule has 1 rings (SSSR count). The lowest BCUT2D eigenvalue weighted by Gasteiger charge is -1.93. The van der Waals surface area contributed by atoms with E-state index < -0.39 is 5.82 Å². The summed E-state index contributed by atoms with van der Waals surface area (Å²) in [6.07, 6.45) is 0. The van der Waals surface area contributed by atoms with Crippen molar-refractivity contribution in [2.24, 2.45) is 0 Å². The van der Waals surface area contributed by atoms with Crippen molar-refractivity contribution < 1.29 is 4.39 Å². The molecule has 0 aliphatic rings. The van der Waals surface area contributed by atoms with Gasteiger partial charge in [-0.05, 0) is 12.1 Å². The lowest BCUT2D eigenvalue weighted by atomic mass is 10.1. The van der Waals surface area contributed by atoms with Gasteiger partial charge in [-0.25, -0.2) is 11.0 Å². The number of benzene rings is 1. The lowest BCUT2D eigenvalue weighted by molar-refractivity contribution is 0.622. The van der Waals surface area contributed by atoms with E-state index in [0.717, 1.165) is 0 Å². The molecule has 0 atom stereocenters. The van der Waals surface area contributed by atoms with Crippen molar-refractivity contribution in [2.45, 2.75) is 6.54 Å². The molecule has 0 amide bonds. The topological polar surface area (TPSA) is 28.1 Å². The highest BCUT2D eigenvalue weighted by atomic mass is 19.1. The summed E-state index contributed by atoms with van der Waals surface area (Å²) in [6.45, 7) is 6.70. The average molecular weight is 160 g/mol. The molecule has 0 radical (unpaired) electrons. The molecular weight excluding hydrogens is 155 g/mol. The van der Waals surface area contributed by atoms with Crippen molar-refractivity contribution in [3.05, 3.63) is 46.6 Å². The zero-order valence-electron chi connectivity index (χ0n) is 6.21. The van der Waals surface area contributed by atoms with E-state index in [-0.39, 0.29) is 12.1 Å². The first-order valence-corrected chi connectivity index (χ1v) is 3.29. The zero-order chi connectivity index (χ0) is 8.97. The van der Waals surface area contributed by atoms with Crippen LogP contribution in [0, 0.1) is 23.7 Å². The summed E-state index contributed by atoms with van der Waals surface area (Å²) in [6, 6.07) is 5.90. The van der Waals surface area contributed by atoms with Crippen LogP contribution in [-0.4, -0.2) is 0 Å². The van der Waals surface area contributed by atoms with Crippen molar-refractivity contribution in [3.63, 3.8) is 0 Å². The minimum atomic E-state index is -0.557. The summed E-state index contributed by atoms with van der Waals surface area (Å²) < 4.78 is 12.8. The second kappa shape index (κ2) is 3.50. The van der Waals surface area contributed by atoms with Crippen LogP contribution in [0.15, 0.2) is 18.2 Å². The Morgan fingerprint density at radius 1 is 1.58 bits per heavy atom. The highest BCUT2D eigenvalue weighted by molar-refractivity contribution is 5.33. The first-order valence-electron chi connectivity index (χ1n) is 3.29. The predicted molar refractivity (Wildman–Crippen MR) is 41.4 cm³/mol. The summed E-state index contributed by atoms with van der Waals surface area (Å²) >= 11 is 0. The second-order valence-corrected chi connectivity index (χ2v) is 2.24. The van der Waals surface area contributed by atoms with Crippen LogP contribution >= 0.6 is 0 Å². The quantitative estimate of drug-likeness (QED) is 0.578. The van der Waals surface area contributed by atoms with Gasteiger partial charge >= 0.3 is 0 Å². The van der Waals surface area contributed by atoms with Gasteiger partial charge in [-0.2, -0.15) is 5.26 Å². The molecule has 0 aliphatic carbocycles. The Bertz CT molecular complexity index is 371. The molecule has 0 aliphatic heterocycles. The highest BCUT2D eigenvalue weighted by Gasteiger charge is 2.02. The largest absolute Gasteiger partial charge is 0.312 e. The average Bonchev–Trinajstić information content (AvgIpc) is 2.05. The monoisotopic (exact) mass is 160 g/mol. The third-order valence-corrected chi connectivity index (χ3v) is 1.42. The van der Waals surface area contributed by atoms with E-state index in [1.54, 1.807) is 12.1 Å². The van der Waals surface area contributed by atoms with Gasteiger partial charge in [0.05, 0.1) is 5.56 Å². The molecule has 0 N–H and O–H groups in total. The number of hydrogen-bond donors (Lipinski definition) is 0. The van der Waals surface area contributed by atoms with Crippen LogP contribution in [0.1, 0.15) is 11.1 Å². The summed E-state index contributed by atoms with van der Waals surface area (Å²) in [5, 5.41) is 8.39. The van der Waals surface area contributed by atoms with Gasteiger partial charge < -0.3 is 4.85 Å². The predicted octanol–water partition coefficient (Wildman–Crippen LogP) is 2.12. The molecule has 1 aromatic carbocycles. The van der Waals surface area contributed by atoms with Crippen LogP contribution in [0.4, 0.5) is 4.39 Å². The molecule has 0 saturated carbocycles. The van der Waals surface area contributed by atoms with Crippen molar-refractivity contribution in [1.82, 2.24) is 0 Å². The number of rotatable bonds is 1. The van der Waals surface area contributed by atoms with E-state index in [9.17, 15) is 4.39 Å². The van der Waals surface area contributed by atoms with Gasteiger partial charge in [-0.3, -0.25) is 0 Å². The van der Waals surface area contributed by atoms with E-state index in [4.69, 9.17) is 11.8 Å². The zero-order valence-corrected chi connectivity index (χ0v) is 6.21. The van der Waals surface area contributed by atoms with Gasteiger partial charge in [-0.1, -0.05) is 6.07 Å². The van der Waals surface area contributed by atoms with Crippen LogP contribution in [0.25, 0.3) is 4.85 Å². The van der Waals surface area contributed by atoms with Gasteiger partial charge in [-0.15, -0.1) is 0 Å². The number of halogens is 1. The standard InChI is InChI=1S/C9H5FN2/c1-12-6-7-2-3-8(5-11)9(10)4-7/h2-4H,6H2. The Morgan fingerprint density at radius 2 is 2.33 bits per heavy atom. The smallest absolute Gasteiger partial charge is 0.239 e. The van der Waals surface area contributed by atoms with Gasteiger partial charge in [0.25, 0.3) is 0 Å². The van der Waals surface area contributed by atoms with E-state index in [1.807, 2.05) is 0 Å². The Labute approximate surface area is 69.7 Å². The normalized spacial score (nSPS) is 8.58. The maximum Gasteiger partial charge on any atom is 0.239 e. The van der Waals surface area contributed by atoms with Crippen LogP contribution in [-0.2, 0) is 6.54 Å². The summed E-state index contributed by atoms with van der Waals surface area (Å²) in [7, 11) is 0. The molecule has 1 aromatic rings. The SMILES string of the molecule is [C-]#[N+]Cc1ccc(C#N)c(F)c1. The first-order chi connectivity index (χ1) is 5.77. The molecule has 0 aromatic heterocycles. The molecule has 0 unspecified atom stereocenters. The fraction of sp³-hybridized carbons (Fsp3) is 0.111. The van der Waals surface area contributed by atoms with Crippen LogP contribution in [0.3, 0.4) is 0 Å². The number of nitrogens with zero attached hydrogens (tertiary/aromatic N) is 2. The van der Waals surface area contributed by atoms with Crippen LogP contribution in [0.5, 0.6) is 0 Å². The molecule has 3 heteroatoms. The fourth-order valence-corrected chi connectivity index (χ4v) is 0.839. The Balaban J connectivity index is 3.06. The maximum atomic E-state index is 12.8. The minimum absolute atomic E-state index is 0.0173. The minimum Gasteiger partial charge on any atom is -0.312 e. The van der Waals surface area contributed by atoms with Crippen molar-refractivity contribution >= 4 is 0 Å². The van der Waals surface area contributed by atoms with Crippen molar-refractivity contribution in [1.29, 1.82) is 5.26 Å². The highest BCUT2D eigenvalue weighted by Crippen LogP contribution is 2.09. The molecule has 0 bridgehead atoms. The van der Waals surface area contributed by atoms with E-state index >= 15 is 0 Å². The van der Waals surface area contributed by atoms with E-state index in [1.165, 1.54) is 12.1 Å². The molecule has 12 heavy (non-hydrogen) atoms. The molecule has 58 valence electrons.